The minimum Gasteiger partial charge on any atom is -0.465 e. The van der Waals surface area contributed by atoms with Gasteiger partial charge in [0.25, 0.3) is 0 Å². The number of nitrogens with zero attached hydrogens (tertiary/aromatic N) is 3. The van der Waals surface area contributed by atoms with Crippen LogP contribution in [0.2, 0.25) is 0 Å². The molecule has 19 heavy (non-hydrogen) atoms. The van der Waals surface area contributed by atoms with Gasteiger partial charge < -0.3 is 15.8 Å². The molecule has 0 amide bonds. The van der Waals surface area contributed by atoms with Gasteiger partial charge in [0, 0.05) is 31.5 Å². The highest BCUT2D eigenvalue weighted by Crippen LogP contribution is 2.21. The van der Waals surface area contributed by atoms with Crippen LogP contribution in [0.3, 0.4) is 0 Å². The molecule has 0 aromatic carbocycles. The lowest BCUT2D eigenvalue weighted by Gasteiger charge is -2.09. The average Bonchev–Trinajstić information content (AvgIpc) is 2.82. The highest BCUT2D eigenvalue weighted by molar-refractivity contribution is 5.97. The van der Waals surface area contributed by atoms with E-state index in [9.17, 15) is 4.79 Å². The van der Waals surface area contributed by atoms with Crippen LogP contribution in [-0.4, -0.2) is 27.8 Å². The number of nitrogen functional groups attached to an aromatic ring is 1. The van der Waals surface area contributed by atoms with Crippen LogP contribution in [0, 0.1) is 0 Å². The van der Waals surface area contributed by atoms with E-state index in [1.807, 2.05) is 13.2 Å². The maximum Gasteiger partial charge on any atom is 0.340 e. The molecule has 0 saturated heterocycles. The molecular weight excluding hydrogens is 246 g/mol. The Morgan fingerprint density at radius 1 is 1.58 bits per heavy atom. The molecule has 0 atom stereocenters. The summed E-state index contributed by atoms with van der Waals surface area (Å²) in [6.45, 7) is 0.523. The lowest BCUT2D eigenvalue weighted by atomic mass is 10.2. The Labute approximate surface area is 110 Å². The number of esters is 1. The van der Waals surface area contributed by atoms with Crippen LogP contribution in [0.25, 0.3) is 0 Å². The third kappa shape index (κ3) is 2.82. The number of rotatable bonds is 4. The molecule has 2 aromatic heterocycles. The van der Waals surface area contributed by atoms with Crippen LogP contribution < -0.4 is 11.1 Å². The zero-order valence-corrected chi connectivity index (χ0v) is 10.8. The Hall–Kier alpha value is -2.57. The van der Waals surface area contributed by atoms with Gasteiger partial charge in [0.2, 0.25) is 0 Å². The van der Waals surface area contributed by atoms with E-state index in [2.05, 4.69) is 20.1 Å². The number of methoxy groups -OCH3 is 1. The molecule has 0 bridgehead atoms. The number of ether oxygens (including phenoxy) is 1. The molecule has 2 rings (SSSR count). The number of nitrogens with one attached hydrogen (secondary N) is 1. The van der Waals surface area contributed by atoms with E-state index in [1.165, 1.54) is 19.4 Å². The van der Waals surface area contributed by atoms with Crippen molar-refractivity contribution in [2.45, 2.75) is 6.54 Å². The van der Waals surface area contributed by atoms with Gasteiger partial charge in [-0.2, -0.15) is 5.10 Å². The van der Waals surface area contributed by atoms with E-state index in [0.29, 0.717) is 17.9 Å². The molecule has 2 heterocycles. The van der Waals surface area contributed by atoms with E-state index in [0.717, 1.165) is 5.56 Å². The van der Waals surface area contributed by atoms with Gasteiger partial charge in [0.05, 0.1) is 24.6 Å². The fourth-order valence-corrected chi connectivity index (χ4v) is 1.65. The van der Waals surface area contributed by atoms with Crippen molar-refractivity contribution in [1.82, 2.24) is 14.8 Å². The smallest absolute Gasteiger partial charge is 0.340 e. The molecule has 0 aliphatic heterocycles. The first-order valence-corrected chi connectivity index (χ1v) is 5.66. The zero-order valence-electron chi connectivity index (χ0n) is 10.8. The van der Waals surface area contributed by atoms with Gasteiger partial charge in [-0.15, -0.1) is 0 Å². The van der Waals surface area contributed by atoms with Crippen molar-refractivity contribution in [2.24, 2.45) is 7.05 Å². The highest BCUT2D eigenvalue weighted by atomic mass is 16.5. The lowest BCUT2D eigenvalue weighted by molar-refractivity contribution is 0.0602. The van der Waals surface area contributed by atoms with Gasteiger partial charge in [-0.25, -0.2) is 9.78 Å². The molecule has 0 spiro atoms. The number of pyridine rings is 1. The maximum atomic E-state index is 11.5. The van der Waals surface area contributed by atoms with E-state index in [4.69, 9.17) is 5.73 Å². The van der Waals surface area contributed by atoms with Gasteiger partial charge in [-0.3, -0.25) is 4.68 Å². The second-order valence-electron chi connectivity index (χ2n) is 3.99. The molecule has 7 nitrogen and oxygen atoms in total. The minimum atomic E-state index is -0.482. The van der Waals surface area contributed by atoms with Crippen LogP contribution in [-0.2, 0) is 18.3 Å². The predicted octanol–water partition coefficient (Wildman–Crippen LogP) is 0.796. The summed E-state index contributed by atoms with van der Waals surface area (Å²) in [5, 5.41) is 7.13. The van der Waals surface area contributed by atoms with Gasteiger partial charge in [-0.05, 0) is 6.07 Å². The number of hydrogen-bond acceptors (Lipinski definition) is 6. The first-order valence-electron chi connectivity index (χ1n) is 5.66. The Morgan fingerprint density at radius 2 is 2.37 bits per heavy atom. The maximum absolute atomic E-state index is 11.5. The summed E-state index contributed by atoms with van der Waals surface area (Å²) in [5.41, 5.74) is 7.45. The third-order valence-corrected chi connectivity index (χ3v) is 2.61. The Balaban J connectivity index is 2.14. The largest absolute Gasteiger partial charge is 0.465 e. The first kappa shape index (κ1) is 12.9. The third-order valence-electron chi connectivity index (χ3n) is 2.61. The van der Waals surface area contributed by atoms with E-state index in [-0.39, 0.29) is 5.69 Å². The number of hydrogen-bond donors (Lipinski definition) is 2. The number of aryl methyl sites for hydroxylation is 1. The van der Waals surface area contributed by atoms with Crippen LogP contribution in [0.5, 0.6) is 0 Å². The van der Waals surface area contributed by atoms with Crippen molar-refractivity contribution in [2.75, 3.05) is 18.2 Å². The van der Waals surface area contributed by atoms with Gasteiger partial charge in [0.15, 0.2) is 0 Å². The SMILES string of the molecule is COC(=O)c1ccnc(NCc2cnn(C)c2)c1N. The topological polar surface area (TPSA) is 95.1 Å². The molecule has 0 radical (unpaired) electrons. The molecule has 100 valence electrons. The molecule has 7 heteroatoms. The summed E-state index contributed by atoms with van der Waals surface area (Å²) in [6.07, 6.45) is 5.13. The summed E-state index contributed by atoms with van der Waals surface area (Å²) >= 11 is 0. The number of carbonyl (C=O) groups excluding carboxylic acids is 1. The standard InChI is InChI=1S/C12H15N5O2/c1-17-7-8(6-16-17)5-15-11-10(13)9(3-4-14-11)12(18)19-2/h3-4,6-7H,5,13H2,1-2H3,(H,14,15). The monoisotopic (exact) mass is 261 g/mol. The van der Waals surface area contributed by atoms with Crippen molar-refractivity contribution in [3.8, 4) is 0 Å². The van der Waals surface area contributed by atoms with Gasteiger partial charge in [-0.1, -0.05) is 0 Å². The molecule has 2 aromatic rings. The number of nitrogens with two attached hydrogens (primary N) is 1. The average molecular weight is 261 g/mol. The lowest BCUT2D eigenvalue weighted by Crippen LogP contribution is -2.10. The Bertz CT molecular complexity index is 594. The van der Waals surface area contributed by atoms with E-state index >= 15 is 0 Å². The molecule has 0 aliphatic carbocycles. The molecule has 3 N–H and O–H groups in total. The normalized spacial score (nSPS) is 10.2. The predicted molar refractivity (Wildman–Crippen MR) is 70.5 cm³/mol. The second-order valence-corrected chi connectivity index (χ2v) is 3.99. The Morgan fingerprint density at radius 3 is 3.00 bits per heavy atom. The van der Waals surface area contributed by atoms with Crippen molar-refractivity contribution < 1.29 is 9.53 Å². The van der Waals surface area contributed by atoms with Crippen LogP contribution >= 0.6 is 0 Å². The van der Waals surface area contributed by atoms with Crippen molar-refractivity contribution >= 4 is 17.5 Å². The van der Waals surface area contributed by atoms with Crippen LogP contribution in [0.15, 0.2) is 24.7 Å². The number of anilines is 2. The quantitative estimate of drug-likeness (QED) is 0.790. The van der Waals surface area contributed by atoms with E-state index < -0.39 is 5.97 Å². The first-order chi connectivity index (χ1) is 9.11. The van der Waals surface area contributed by atoms with Crippen molar-refractivity contribution in [3.63, 3.8) is 0 Å². The van der Waals surface area contributed by atoms with Gasteiger partial charge in [0.1, 0.15) is 5.82 Å². The summed E-state index contributed by atoms with van der Waals surface area (Å²) < 4.78 is 6.36. The minimum absolute atomic E-state index is 0.276. The Kier molecular flexibility index (Phi) is 3.65. The second kappa shape index (κ2) is 5.38. The summed E-state index contributed by atoms with van der Waals surface area (Å²) in [6, 6.07) is 1.52. The molecular formula is C12H15N5O2. The van der Waals surface area contributed by atoms with Gasteiger partial charge >= 0.3 is 5.97 Å². The molecule has 0 fully saturated rings. The van der Waals surface area contributed by atoms with Crippen molar-refractivity contribution in [3.05, 3.63) is 35.8 Å². The zero-order chi connectivity index (χ0) is 13.8. The van der Waals surface area contributed by atoms with E-state index in [1.54, 1.807) is 10.9 Å². The fourth-order valence-electron chi connectivity index (χ4n) is 1.65. The summed E-state index contributed by atoms with van der Waals surface area (Å²) in [4.78, 5) is 15.6. The number of carbonyl (C=O) groups is 1. The van der Waals surface area contributed by atoms with Crippen LogP contribution in [0.1, 0.15) is 15.9 Å². The molecule has 0 unspecified atom stereocenters. The fraction of sp³-hybridized carbons (Fsp3) is 0.250. The van der Waals surface area contributed by atoms with Crippen molar-refractivity contribution in [1.29, 1.82) is 0 Å². The number of aromatic nitrogens is 3. The highest BCUT2D eigenvalue weighted by Gasteiger charge is 2.13. The summed E-state index contributed by atoms with van der Waals surface area (Å²) in [7, 11) is 3.15. The molecule has 0 saturated carbocycles. The molecule has 0 aliphatic rings. The summed E-state index contributed by atoms with van der Waals surface area (Å²) in [5.74, 6) is -0.0314. The van der Waals surface area contributed by atoms with Crippen LogP contribution in [0.4, 0.5) is 11.5 Å².